The smallest absolute Gasteiger partial charge is 0.227 e. The Hall–Kier alpha value is -2.37. The summed E-state index contributed by atoms with van der Waals surface area (Å²) in [4.78, 5) is 14.8. The molecule has 1 amide bonds. The van der Waals surface area contributed by atoms with Crippen molar-refractivity contribution in [3.63, 3.8) is 0 Å². The van der Waals surface area contributed by atoms with Gasteiger partial charge in [-0.25, -0.2) is 0 Å². The number of aliphatic hydroxyl groups excluding tert-OH is 1. The third-order valence-corrected chi connectivity index (χ3v) is 4.91. The van der Waals surface area contributed by atoms with E-state index in [2.05, 4.69) is 10.2 Å². The topological polar surface area (TPSA) is 61.8 Å². The average Bonchev–Trinajstić information content (AvgIpc) is 2.69. The van der Waals surface area contributed by atoms with Gasteiger partial charge >= 0.3 is 0 Å². The number of carbonyl (C=O) groups excluding carboxylic acids is 1. The lowest BCUT2D eigenvalue weighted by Crippen LogP contribution is -2.39. The Balaban J connectivity index is 1.64. The van der Waals surface area contributed by atoms with Gasteiger partial charge in [-0.3, -0.25) is 4.79 Å². The third kappa shape index (κ3) is 4.62. The van der Waals surface area contributed by atoms with Crippen molar-refractivity contribution in [3.8, 4) is 16.9 Å². The molecule has 0 unspecified atom stereocenters. The largest absolute Gasteiger partial charge is 0.497 e. The first-order chi connectivity index (χ1) is 12.7. The molecular formula is C21H26N2O3. The van der Waals surface area contributed by atoms with Crippen LogP contribution in [0.5, 0.6) is 5.75 Å². The van der Waals surface area contributed by atoms with Crippen molar-refractivity contribution in [2.45, 2.75) is 12.8 Å². The molecule has 5 heteroatoms. The molecule has 26 heavy (non-hydrogen) atoms. The number of rotatable bonds is 6. The molecule has 1 saturated heterocycles. The normalized spacial score (nSPS) is 15.6. The summed E-state index contributed by atoms with van der Waals surface area (Å²) in [6, 6.07) is 15.8. The molecule has 2 N–H and O–H groups in total. The Morgan fingerprint density at radius 2 is 1.85 bits per heavy atom. The zero-order chi connectivity index (χ0) is 18.4. The lowest BCUT2D eigenvalue weighted by Gasteiger charge is -2.30. The molecule has 0 bridgehead atoms. The van der Waals surface area contributed by atoms with Gasteiger partial charge in [-0.15, -0.1) is 0 Å². The molecule has 1 aliphatic heterocycles. The maximum Gasteiger partial charge on any atom is 0.227 e. The highest BCUT2D eigenvalue weighted by Crippen LogP contribution is 2.27. The van der Waals surface area contributed by atoms with Gasteiger partial charge < -0.3 is 20.1 Å². The highest BCUT2D eigenvalue weighted by atomic mass is 16.5. The van der Waals surface area contributed by atoms with Crippen LogP contribution >= 0.6 is 0 Å². The van der Waals surface area contributed by atoms with Crippen LogP contribution in [0, 0.1) is 5.92 Å². The first kappa shape index (κ1) is 18.4. The molecule has 0 aromatic heterocycles. The van der Waals surface area contributed by atoms with Gasteiger partial charge in [-0.1, -0.05) is 24.3 Å². The molecule has 0 saturated carbocycles. The van der Waals surface area contributed by atoms with Crippen molar-refractivity contribution < 1.29 is 14.6 Å². The number of ether oxygens (including phenoxy) is 1. The Morgan fingerprint density at radius 1 is 1.15 bits per heavy atom. The van der Waals surface area contributed by atoms with E-state index in [1.807, 2.05) is 48.5 Å². The van der Waals surface area contributed by atoms with E-state index in [-0.39, 0.29) is 18.4 Å². The molecule has 0 aliphatic carbocycles. The molecular weight excluding hydrogens is 328 g/mol. The quantitative estimate of drug-likeness (QED) is 0.837. The number of likely N-dealkylation sites (tertiary alicyclic amines) is 1. The van der Waals surface area contributed by atoms with Gasteiger partial charge in [-0.05, 0) is 61.3 Å². The number of benzene rings is 2. The van der Waals surface area contributed by atoms with Gasteiger partial charge in [0, 0.05) is 18.2 Å². The standard InChI is InChI=1S/C21H26N2O3/c1-26-20-7-3-5-18(15-20)17-4-2-6-19(14-17)22-21(25)16-8-10-23(11-9-16)12-13-24/h2-7,14-16,24H,8-13H2,1H3,(H,22,25). The fourth-order valence-corrected chi connectivity index (χ4v) is 3.38. The molecule has 1 heterocycles. The third-order valence-electron chi connectivity index (χ3n) is 4.91. The molecule has 5 nitrogen and oxygen atoms in total. The van der Waals surface area contributed by atoms with Crippen molar-refractivity contribution >= 4 is 11.6 Å². The molecule has 1 aliphatic rings. The minimum Gasteiger partial charge on any atom is -0.497 e. The van der Waals surface area contributed by atoms with Crippen LogP contribution in [0.25, 0.3) is 11.1 Å². The summed E-state index contributed by atoms with van der Waals surface area (Å²) in [5.41, 5.74) is 2.91. The van der Waals surface area contributed by atoms with Crippen LogP contribution in [0.3, 0.4) is 0 Å². The second-order valence-corrected chi connectivity index (χ2v) is 6.64. The predicted molar refractivity (Wildman–Crippen MR) is 103 cm³/mol. The summed E-state index contributed by atoms with van der Waals surface area (Å²) in [7, 11) is 1.65. The Morgan fingerprint density at radius 3 is 2.54 bits per heavy atom. The number of hydrogen-bond donors (Lipinski definition) is 2. The summed E-state index contributed by atoms with van der Waals surface area (Å²) < 4.78 is 5.29. The van der Waals surface area contributed by atoms with E-state index in [9.17, 15) is 4.79 Å². The minimum absolute atomic E-state index is 0.0328. The van der Waals surface area contributed by atoms with E-state index in [1.54, 1.807) is 7.11 Å². The Kier molecular flexibility index (Phi) is 6.26. The predicted octanol–water partition coefficient (Wildman–Crippen LogP) is 3.01. The zero-order valence-electron chi connectivity index (χ0n) is 15.1. The maximum atomic E-state index is 12.6. The van der Waals surface area contributed by atoms with E-state index in [1.165, 1.54) is 0 Å². The van der Waals surface area contributed by atoms with Crippen LogP contribution in [0.2, 0.25) is 0 Å². The molecule has 2 aromatic rings. The molecule has 3 rings (SSSR count). The van der Waals surface area contributed by atoms with Crippen molar-refractivity contribution in [1.29, 1.82) is 0 Å². The number of nitrogens with one attached hydrogen (secondary N) is 1. The van der Waals surface area contributed by atoms with Crippen LogP contribution in [0.1, 0.15) is 12.8 Å². The summed E-state index contributed by atoms with van der Waals surface area (Å²) in [6.07, 6.45) is 1.67. The van der Waals surface area contributed by atoms with Gasteiger partial charge in [0.15, 0.2) is 0 Å². The van der Waals surface area contributed by atoms with Crippen LogP contribution in [-0.2, 0) is 4.79 Å². The number of amides is 1. The van der Waals surface area contributed by atoms with Gasteiger partial charge in [-0.2, -0.15) is 0 Å². The van der Waals surface area contributed by atoms with Gasteiger partial charge in [0.25, 0.3) is 0 Å². The molecule has 0 radical (unpaired) electrons. The fourth-order valence-electron chi connectivity index (χ4n) is 3.38. The van der Waals surface area contributed by atoms with Gasteiger partial charge in [0.05, 0.1) is 13.7 Å². The minimum atomic E-state index is 0.0328. The van der Waals surface area contributed by atoms with E-state index in [0.29, 0.717) is 6.54 Å². The number of nitrogens with zero attached hydrogens (tertiary/aromatic N) is 1. The lowest BCUT2D eigenvalue weighted by molar-refractivity contribution is -0.121. The molecule has 0 atom stereocenters. The number of aliphatic hydroxyl groups is 1. The van der Waals surface area contributed by atoms with E-state index in [0.717, 1.165) is 48.5 Å². The number of carbonyl (C=O) groups is 1. The Bertz CT molecular complexity index is 740. The van der Waals surface area contributed by atoms with Crippen molar-refractivity contribution in [2.75, 3.05) is 38.7 Å². The number of methoxy groups -OCH3 is 1. The summed E-state index contributed by atoms with van der Waals surface area (Å²) in [5, 5.41) is 12.1. The molecule has 1 fully saturated rings. The monoisotopic (exact) mass is 354 g/mol. The first-order valence-electron chi connectivity index (χ1n) is 9.08. The van der Waals surface area contributed by atoms with Gasteiger partial charge in [0.1, 0.15) is 5.75 Å². The zero-order valence-corrected chi connectivity index (χ0v) is 15.1. The summed E-state index contributed by atoms with van der Waals surface area (Å²) in [5.74, 6) is 0.924. The van der Waals surface area contributed by atoms with E-state index >= 15 is 0 Å². The average molecular weight is 354 g/mol. The van der Waals surface area contributed by atoms with E-state index in [4.69, 9.17) is 9.84 Å². The Labute approximate surface area is 154 Å². The van der Waals surface area contributed by atoms with Crippen molar-refractivity contribution in [2.24, 2.45) is 5.92 Å². The number of anilines is 1. The van der Waals surface area contributed by atoms with Crippen molar-refractivity contribution in [1.82, 2.24) is 4.90 Å². The van der Waals surface area contributed by atoms with Gasteiger partial charge in [0.2, 0.25) is 5.91 Å². The molecule has 2 aromatic carbocycles. The number of piperidine rings is 1. The maximum absolute atomic E-state index is 12.6. The molecule has 138 valence electrons. The molecule has 0 spiro atoms. The van der Waals surface area contributed by atoms with Crippen LogP contribution in [0.4, 0.5) is 5.69 Å². The summed E-state index contributed by atoms with van der Waals surface area (Å²) in [6.45, 7) is 2.59. The lowest BCUT2D eigenvalue weighted by atomic mass is 9.95. The second-order valence-electron chi connectivity index (χ2n) is 6.64. The van der Waals surface area contributed by atoms with Crippen LogP contribution in [-0.4, -0.2) is 49.3 Å². The highest BCUT2D eigenvalue weighted by molar-refractivity contribution is 5.93. The second kappa shape index (κ2) is 8.83. The van der Waals surface area contributed by atoms with Crippen LogP contribution in [0.15, 0.2) is 48.5 Å². The number of hydrogen-bond acceptors (Lipinski definition) is 4. The highest BCUT2D eigenvalue weighted by Gasteiger charge is 2.24. The van der Waals surface area contributed by atoms with Crippen molar-refractivity contribution in [3.05, 3.63) is 48.5 Å². The van der Waals surface area contributed by atoms with E-state index < -0.39 is 0 Å². The SMILES string of the molecule is COc1cccc(-c2cccc(NC(=O)C3CCN(CCO)CC3)c2)c1. The first-order valence-corrected chi connectivity index (χ1v) is 9.08. The van der Waals surface area contributed by atoms with Crippen LogP contribution < -0.4 is 10.1 Å². The fraction of sp³-hybridized carbons (Fsp3) is 0.381. The summed E-state index contributed by atoms with van der Waals surface area (Å²) >= 11 is 0. The number of β-amino-alcohol motifs (C(OH)–C–C–N with tert-alkyl or cyclic N) is 1.